The first-order valence-electron chi connectivity index (χ1n) is 8.34. The van der Waals surface area contributed by atoms with Gasteiger partial charge in [-0.3, -0.25) is 0 Å². The van der Waals surface area contributed by atoms with Crippen LogP contribution in [0.5, 0.6) is 0 Å². The molecule has 2 N–H and O–H groups in total. The van der Waals surface area contributed by atoms with E-state index in [1.165, 1.54) is 10.4 Å². The number of hydrogen-bond donors (Lipinski definition) is 1. The largest absolute Gasteiger partial charge is 0.383 e. The highest BCUT2D eigenvalue weighted by Crippen LogP contribution is 2.36. The Hall–Kier alpha value is -3.16. The van der Waals surface area contributed by atoms with E-state index in [0.29, 0.717) is 11.6 Å². The first-order valence-corrected chi connectivity index (χ1v) is 9.16. The van der Waals surface area contributed by atoms with Crippen LogP contribution < -0.4 is 5.73 Å². The lowest BCUT2D eigenvalue weighted by atomic mass is 9.99. The zero-order valence-corrected chi connectivity index (χ0v) is 15.1. The summed E-state index contributed by atoms with van der Waals surface area (Å²) < 4.78 is 0. The molecule has 4 rings (SSSR count). The molecule has 0 aliphatic heterocycles. The van der Waals surface area contributed by atoms with E-state index in [1.807, 2.05) is 30.3 Å². The van der Waals surface area contributed by atoms with Crippen LogP contribution in [-0.2, 0) is 0 Å². The van der Waals surface area contributed by atoms with Crippen LogP contribution in [0.25, 0.3) is 21.6 Å². The third-order valence-electron chi connectivity index (χ3n) is 4.46. The van der Waals surface area contributed by atoms with E-state index < -0.39 is 0 Å². The zero-order valence-electron chi connectivity index (χ0n) is 14.3. The quantitative estimate of drug-likeness (QED) is 0.522. The molecular weight excluding hydrogens is 338 g/mol. The number of terminal acetylenes is 1. The van der Waals surface area contributed by atoms with Crippen molar-refractivity contribution in [2.75, 3.05) is 5.73 Å². The number of anilines is 1. The van der Waals surface area contributed by atoms with Gasteiger partial charge >= 0.3 is 0 Å². The Bertz CT molecular complexity index is 1120. The van der Waals surface area contributed by atoms with E-state index in [9.17, 15) is 0 Å². The number of nitrogens with two attached hydrogens (primary N) is 1. The number of nitrogens with zero attached hydrogens (tertiary/aromatic N) is 2. The van der Waals surface area contributed by atoms with Crippen LogP contribution in [0.15, 0.2) is 60.7 Å². The van der Waals surface area contributed by atoms with E-state index in [1.54, 1.807) is 11.3 Å². The first-order chi connectivity index (χ1) is 12.7. The molecule has 0 spiro atoms. The highest BCUT2D eigenvalue weighted by molar-refractivity contribution is 7.18. The normalized spacial score (nSPS) is 12.0. The molecule has 0 amide bonds. The highest BCUT2D eigenvalue weighted by Gasteiger charge is 2.16. The van der Waals surface area contributed by atoms with Gasteiger partial charge in [-0.25, -0.2) is 9.97 Å². The van der Waals surface area contributed by atoms with E-state index in [0.717, 1.165) is 21.3 Å². The van der Waals surface area contributed by atoms with Crippen LogP contribution in [0, 0.1) is 12.3 Å². The lowest BCUT2D eigenvalue weighted by Crippen LogP contribution is -1.96. The molecule has 4 heteroatoms. The van der Waals surface area contributed by atoms with Gasteiger partial charge in [-0.2, -0.15) is 0 Å². The monoisotopic (exact) mass is 355 g/mol. The van der Waals surface area contributed by atoms with E-state index in [-0.39, 0.29) is 5.92 Å². The smallest absolute Gasteiger partial charge is 0.163 e. The minimum absolute atomic E-state index is 0.281. The topological polar surface area (TPSA) is 51.8 Å². The molecule has 3 nitrogen and oxygen atoms in total. The van der Waals surface area contributed by atoms with Crippen molar-refractivity contribution >= 4 is 27.4 Å². The summed E-state index contributed by atoms with van der Waals surface area (Å²) in [5.41, 5.74) is 9.18. The van der Waals surface area contributed by atoms with Crippen molar-refractivity contribution in [2.45, 2.75) is 12.8 Å². The molecule has 0 fully saturated rings. The molecule has 2 aromatic heterocycles. The minimum atomic E-state index is 0.281. The molecule has 4 aromatic rings. The SMILES string of the molecule is C#Cc1cccc(-c2nc(N)c3cc(C(C)c4ccccc4)sc3n2)c1. The van der Waals surface area contributed by atoms with Crippen molar-refractivity contribution in [3.05, 3.63) is 76.7 Å². The molecule has 2 aromatic carbocycles. The fourth-order valence-electron chi connectivity index (χ4n) is 2.96. The van der Waals surface area contributed by atoms with Crippen LogP contribution in [0.1, 0.15) is 28.8 Å². The van der Waals surface area contributed by atoms with Crippen molar-refractivity contribution in [2.24, 2.45) is 0 Å². The molecule has 0 aliphatic carbocycles. The van der Waals surface area contributed by atoms with Gasteiger partial charge in [0.1, 0.15) is 10.6 Å². The van der Waals surface area contributed by atoms with Gasteiger partial charge in [0.05, 0.1) is 5.39 Å². The summed E-state index contributed by atoms with van der Waals surface area (Å²) in [5.74, 6) is 4.03. The maximum Gasteiger partial charge on any atom is 0.163 e. The Morgan fingerprint density at radius 1 is 1.04 bits per heavy atom. The number of nitrogen functional groups attached to an aromatic ring is 1. The summed E-state index contributed by atoms with van der Waals surface area (Å²) in [4.78, 5) is 11.4. The van der Waals surface area contributed by atoms with Crippen molar-refractivity contribution in [3.63, 3.8) is 0 Å². The fraction of sp³-hybridized carbons (Fsp3) is 0.0909. The van der Waals surface area contributed by atoms with Crippen LogP contribution in [-0.4, -0.2) is 9.97 Å². The summed E-state index contributed by atoms with van der Waals surface area (Å²) in [6.07, 6.45) is 5.50. The molecule has 26 heavy (non-hydrogen) atoms. The van der Waals surface area contributed by atoms with Crippen LogP contribution in [0.2, 0.25) is 0 Å². The number of aromatic nitrogens is 2. The predicted molar refractivity (Wildman–Crippen MR) is 109 cm³/mol. The Morgan fingerprint density at radius 2 is 1.85 bits per heavy atom. The van der Waals surface area contributed by atoms with Crippen molar-refractivity contribution in [1.29, 1.82) is 0 Å². The highest BCUT2D eigenvalue weighted by atomic mass is 32.1. The number of thiophene rings is 1. The van der Waals surface area contributed by atoms with Crippen LogP contribution in [0.4, 0.5) is 5.82 Å². The maximum absolute atomic E-state index is 6.23. The van der Waals surface area contributed by atoms with Gasteiger partial charge in [0.25, 0.3) is 0 Å². The van der Waals surface area contributed by atoms with Crippen molar-refractivity contribution < 1.29 is 0 Å². The van der Waals surface area contributed by atoms with Gasteiger partial charge < -0.3 is 5.73 Å². The molecule has 0 saturated heterocycles. The third-order valence-corrected chi connectivity index (χ3v) is 5.67. The second kappa shape index (κ2) is 6.62. The van der Waals surface area contributed by atoms with Gasteiger partial charge in [0, 0.05) is 21.9 Å². The summed E-state index contributed by atoms with van der Waals surface area (Å²) >= 11 is 1.66. The Kier molecular flexibility index (Phi) is 4.16. The Morgan fingerprint density at radius 3 is 2.62 bits per heavy atom. The van der Waals surface area contributed by atoms with E-state index in [2.05, 4.69) is 48.2 Å². The molecule has 0 saturated carbocycles. The van der Waals surface area contributed by atoms with Gasteiger partial charge in [-0.15, -0.1) is 17.8 Å². The molecule has 0 radical (unpaired) electrons. The van der Waals surface area contributed by atoms with Crippen LogP contribution in [0.3, 0.4) is 0 Å². The third kappa shape index (κ3) is 2.94. The molecule has 0 bridgehead atoms. The zero-order chi connectivity index (χ0) is 18.1. The lowest BCUT2D eigenvalue weighted by molar-refractivity contribution is 0.949. The standard InChI is InChI=1S/C22H17N3S/c1-3-15-8-7-11-17(12-15)21-24-20(23)18-13-19(26-22(18)25-21)14(2)16-9-5-4-6-10-16/h1,4-14H,2H3,(H2,23,24,25). The second-order valence-corrected chi connectivity index (χ2v) is 7.22. The molecule has 1 unspecified atom stereocenters. The number of rotatable bonds is 3. The number of fused-ring (bicyclic) bond motifs is 1. The molecule has 0 aliphatic rings. The maximum atomic E-state index is 6.23. The van der Waals surface area contributed by atoms with E-state index in [4.69, 9.17) is 17.1 Å². The van der Waals surface area contributed by atoms with E-state index >= 15 is 0 Å². The minimum Gasteiger partial charge on any atom is -0.383 e. The fourth-order valence-corrected chi connectivity index (χ4v) is 4.08. The summed E-state index contributed by atoms with van der Waals surface area (Å²) in [7, 11) is 0. The Balaban J connectivity index is 1.79. The molecular formula is C22H17N3S. The van der Waals surface area contributed by atoms with Crippen LogP contribution >= 0.6 is 11.3 Å². The van der Waals surface area contributed by atoms with Crippen molar-refractivity contribution in [1.82, 2.24) is 9.97 Å². The summed E-state index contributed by atoms with van der Waals surface area (Å²) in [6, 6.07) is 20.2. The van der Waals surface area contributed by atoms with Gasteiger partial charge in [-0.05, 0) is 23.8 Å². The average molecular weight is 355 g/mol. The number of benzene rings is 2. The second-order valence-electron chi connectivity index (χ2n) is 6.16. The van der Waals surface area contributed by atoms with Gasteiger partial charge in [-0.1, -0.05) is 55.3 Å². The predicted octanol–water partition coefficient (Wildman–Crippen LogP) is 5.07. The number of hydrogen-bond acceptors (Lipinski definition) is 4. The Labute approximate surface area is 156 Å². The van der Waals surface area contributed by atoms with Gasteiger partial charge in [0.15, 0.2) is 5.82 Å². The molecule has 1 atom stereocenters. The van der Waals surface area contributed by atoms with Gasteiger partial charge in [0.2, 0.25) is 0 Å². The lowest BCUT2D eigenvalue weighted by Gasteiger charge is -2.08. The first kappa shape index (κ1) is 16.3. The summed E-state index contributed by atoms with van der Waals surface area (Å²) in [6.45, 7) is 2.20. The molecule has 2 heterocycles. The van der Waals surface area contributed by atoms with Crippen molar-refractivity contribution in [3.8, 4) is 23.7 Å². The average Bonchev–Trinajstić information content (AvgIpc) is 3.13. The molecule has 126 valence electrons. The summed E-state index contributed by atoms with van der Waals surface area (Å²) in [5, 5.41) is 0.907.